The molecule has 24 heavy (non-hydrogen) atoms. The summed E-state index contributed by atoms with van der Waals surface area (Å²) in [7, 11) is -1.14. The molecule has 0 aliphatic heterocycles. The van der Waals surface area contributed by atoms with Gasteiger partial charge in [0.05, 0.1) is 8.07 Å². The van der Waals surface area contributed by atoms with Crippen molar-refractivity contribution in [2.24, 2.45) is 5.41 Å². The Morgan fingerprint density at radius 2 is 1.58 bits per heavy atom. The first kappa shape index (κ1) is 17.2. The molecule has 1 heteroatoms. The van der Waals surface area contributed by atoms with Crippen molar-refractivity contribution in [3.05, 3.63) is 83.6 Å². The maximum absolute atomic E-state index is 2.60. The molecule has 0 saturated heterocycles. The molecular weight excluding hydrogens is 304 g/mol. The van der Waals surface area contributed by atoms with Gasteiger partial charge in [0.25, 0.3) is 0 Å². The van der Waals surface area contributed by atoms with Crippen LogP contribution in [0.4, 0.5) is 0 Å². The van der Waals surface area contributed by atoms with Crippen molar-refractivity contribution in [1.82, 2.24) is 0 Å². The maximum Gasteiger partial charge on any atom is 0.0683 e. The van der Waals surface area contributed by atoms with Gasteiger partial charge in [-0.3, -0.25) is 0 Å². The highest BCUT2D eigenvalue weighted by Gasteiger charge is 2.51. The van der Waals surface area contributed by atoms with E-state index in [0.29, 0.717) is 5.41 Å². The minimum atomic E-state index is -1.14. The second-order valence-electron chi connectivity index (χ2n) is 8.44. The molecule has 2 atom stereocenters. The first-order chi connectivity index (χ1) is 11.5. The Morgan fingerprint density at radius 1 is 0.958 bits per heavy atom. The molecule has 0 radical (unpaired) electrons. The zero-order valence-corrected chi connectivity index (χ0v) is 16.3. The summed E-state index contributed by atoms with van der Waals surface area (Å²) in [4.78, 5) is 0. The van der Waals surface area contributed by atoms with Gasteiger partial charge in [0, 0.05) is 0 Å². The molecule has 0 aromatic heterocycles. The van der Waals surface area contributed by atoms with Gasteiger partial charge in [-0.15, -0.1) is 0 Å². The Labute approximate surface area is 148 Å². The van der Waals surface area contributed by atoms with Crippen LogP contribution in [0, 0.1) is 5.41 Å². The summed E-state index contributed by atoms with van der Waals surface area (Å²) in [5.41, 5.74) is 5.98. The van der Waals surface area contributed by atoms with Crippen molar-refractivity contribution in [3.63, 3.8) is 0 Å². The molecule has 1 saturated carbocycles. The second-order valence-corrected chi connectivity index (χ2v) is 13.5. The lowest BCUT2D eigenvalue weighted by molar-refractivity contribution is 0.533. The highest BCUT2D eigenvalue weighted by molar-refractivity contribution is 6.80. The summed E-state index contributed by atoms with van der Waals surface area (Å²) >= 11 is 0. The summed E-state index contributed by atoms with van der Waals surface area (Å²) in [6.07, 6.45) is 7.71. The van der Waals surface area contributed by atoms with Crippen LogP contribution < -0.4 is 0 Å². The van der Waals surface area contributed by atoms with Gasteiger partial charge >= 0.3 is 0 Å². The van der Waals surface area contributed by atoms with Crippen molar-refractivity contribution in [2.75, 3.05) is 0 Å². The highest BCUT2D eigenvalue weighted by atomic mass is 28.3. The Morgan fingerprint density at radius 3 is 2.21 bits per heavy atom. The smallest absolute Gasteiger partial charge is 0.0683 e. The minimum absolute atomic E-state index is 0.413. The van der Waals surface area contributed by atoms with Crippen LogP contribution in [0.25, 0.3) is 0 Å². The summed E-state index contributed by atoms with van der Waals surface area (Å²) in [5.74, 6) is 0.724. The van der Waals surface area contributed by atoms with E-state index in [4.69, 9.17) is 0 Å². The van der Waals surface area contributed by atoms with E-state index in [1.807, 2.05) is 0 Å². The number of aryl methyl sites for hydroxylation is 1. The normalized spacial score (nSPS) is 23.5. The third-order valence-electron chi connectivity index (χ3n) is 5.19. The fourth-order valence-electron chi connectivity index (χ4n) is 3.68. The van der Waals surface area contributed by atoms with Crippen molar-refractivity contribution >= 4 is 8.07 Å². The average molecular weight is 335 g/mol. The van der Waals surface area contributed by atoms with Crippen LogP contribution in [0.3, 0.4) is 0 Å². The minimum Gasteiger partial charge on any atom is -0.0983 e. The monoisotopic (exact) mass is 334 g/mol. The van der Waals surface area contributed by atoms with Crippen molar-refractivity contribution in [2.45, 2.75) is 51.2 Å². The van der Waals surface area contributed by atoms with Gasteiger partial charge in [-0.1, -0.05) is 92.1 Å². The van der Waals surface area contributed by atoms with Gasteiger partial charge < -0.3 is 0 Å². The maximum atomic E-state index is 2.60. The molecule has 3 rings (SSSR count). The standard InChI is InChI=1S/C23H30Si/c1-24(2,3)18-17-23(16-10-13-20-11-6-4-7-12-20)19-22(23)21-14-8-5-9-15-21/h4-9,11-12,14-15,17-18,22H,10,13,16,19H2,1-3H3/b18-17-/t22-,23+/m1/s1. The molecule has 2 aromatic carbocycles. The lowest BCUT2D eigenvalue weighted by atomic mass is 9.92. The highest BCUT2D eigenvalue weighted by Crippen LogP contribution is 2.63. The zero-order chi connectivity index (χ0) is 17.0. The summed E-state index contributed by atoms with van der Waals surface area (Å²) in [6.45, 7) is 7.29. The zero-order valence-electron chi connectivity index (χ0n) is 15.3. The van der Waals surface area contributed by atoms with E-state index < -0.39 is 8.07 Å². The van der Waals surface area contributed by atoms with E-state index in [-0.39, 0.29) is 0 Å². The molecule has 126 valence electrons. The van der Waals surface area contributed by atoms with Gasteiger partial charge in [0.1, 0.15) is 0 Å². The largest absolute Gasteiger partial charge is 0.0983 e. The Hall–Kier alpha value is -1.60. The number of allylic oxidation sites excluding steroid dienone is 1. The van der Waals surface area contributed by atoms with E-state index >= 15 is 0 Å². The molecule has 0 nitrogen and oxygen atoms in total. The van der Waals surface area contributed by atoms with Crippen LogP contribution in [0.2, 0.25) is 19.6 Å². The Kier molecular flexibility index (Phi) is 5.10. The average Bonchev–Trinajstić information content (AvgIpc) is 3.29. The van der Waals surface area contributed by atoms with Crippen molar-refractivity contribution < 1.29 is 0 Å². The molecule has 0 spiro atoms. The summed E-state index contributed by atoms with van der Waals surface area (Å²) in [5, 5.41) is 0. The van der Waals surface area contributed by atoms with Gasteiger partial charge in [-0.2, -0.15) is 0 Å². The number of rotatable bonds is 7. The topological polar surface area (TPSA) is 0 Å². The van der Waals surface area contributed by atoms with Crippen LogP contribution in [-0.2, 0) is 6.42 Å². The van der Waals surface area contributed by atoms with E-state index in [1.165, 1.54) is 36.8 Å². The summed E-state index contributed by atoms with van der Waals surface area (Å²) in [6, 6.07) is 22.0. The molecule has 2 aromatic rings. The van der Waals surface area contributed by atoms with E-state index in [1.54, 1.807) is 0 Å². The van der Waals surface area contributed by atoms with Gasteiger partial charge in [0.2, 0.25) is 0 Å². The van der Waals surface area contributed by atoms with Crippen LogP contribution in [0.5, 0.6) is 0 Å². The quantitative estimate of drug-likeness (QED) is 0.499. The molecule has 1 aliphatic rings. The first-order valence-electron chi connectivity index (χ1n) is 9.28. The molecule has 0 N–H and O–H groups in total. The predicted octanol–water partition coefficient (Wildman–Crippen LogP) is 6.62. The number of hydrogen-bond acceptors (Lipinski definition) is 0. The third kappa shape index (κ3) is 4.48. The lowest BCUT2D eigenvalue weighted by Crippen LogP contribution is -2.17. The third-order valence-corrected chi connectivity index (χ3v) is 6.35. The molecule has 0 unspecified atom stereocenters. The van der Waals surface area contributed by atoms with E-state index in [0.717, 1.165) is 5.92 Å². The number of benzene rings is 2. The fourth-order valence-corrected chi connectivity index (χ4v) is 4.51. The predicted molar refractivity (Wildman–Crippen MR) is 108 cm³/mol. The van der Waals surface area contributed by atoms with E-state index in [9.17, 15) is 0 Å². The molecule has 0 bridgehead atoms. The molecule has 1 fully saturated rings. The first-order valence-corrected chi connectivity index (χ1v) is 12.9. The lowest BCUT2D eigenvalue weighted by Gasteiger charge is -2.16. The Bertz CT molecular complexity index is 666. The van der Waals surface area contributed by atoms with Crippen molar-refractivity contribution in [1.29, 1.82) is 0 Å². The molecule has 1 aliphatic carbocycles. The molecular formula is C23H30Si. The van der Waals surface area contributed by atoms with Gasteiger partial charge in [0.15, 0.2) is 0 Å². The van der Waals surface area contributed by atoms with Gasteiger partial charge in [-0.05, 0) is 48.1 Å². The SMILES string of the molecule is C[Si](C)(C)/C=C\[C@@]1(CCCc2ccccc2)C[C@@H]1c1ccccc1. The van der Waals surface area contributed by atoms with Crippen LogP contribution >= 0.6 is 0 Å². The second kappa shape index (κ2) is 7.10. The fraction of sp³-hybridized carbons (Fsp3) is 0.391. The van der Waals surface area contributed by atoms with Crippen LogP contribution in [0.1, 0.15) is 36.3 Å². The van der Waals surface area contributed by atoms with Crippen LogP contribution in [0.15, 0.2) is 72.4 Å². The number of hydrogen-bond donors (Lipinski definition) is 0. The van der Waals surface area contributed by atoms with E-state index in [2.05, 4.69) is 92.1 Å². The molecule has 0 heterocycles. The van der Waals surface area contributed by atoms with Crippen LogP contribution in [-0.4, -0.2) is 8.07 Å². The summed E-state index contributed by atoms with van der Waals surface area (Å²) < 4.78 is 0. The van der Waals surface area contributed by atoms with Gasteiger partial charge in [-0.25, -0.2) is 0 Å². The molecule has 0 amide bonds. The Balaban J connectivity index is 1.69. The van der Waals surface area contributed by atoms with Crippen molar-refractivity contribution in [3.8, 4) is 0 Å².